The standard InChI is InChI=1S/C9H10BrF3N2/c1-15(5-9(11,12)13)8-4-6(10)2-3-7(8)14/h2-4H,5,14H2,1H3. The fourth-order valence-electron chi connectivity index (χ4n) is 1.20. The SMILES string of the molecule is CN(CC(F)(F)F)c1cc(Br)ccc1N. The molecule has 6 heteroatoms. The topological polar surface area (TPSA) is 29.3 Å². The molecule has 1 aromatic carbocycles. The van der Waals surface area contributed by atoms with E-state index in [-0.39, 0.29) is 0 Å². The van der Waals surface area contributed by atoms with Crippen molar-refractivity contribution in [2.75, 3.05) is 24.2 Å². The summed E-state index contributed by atoms with van der Waals surface area (Å²) in [4.78, 5) is 1.07. The van der Waals surface area contributed by atoms with E-state index in [1.54, 1.807) is 18.2 Å². The first-order chi connectivity index (χ1) is 6.79. The van der Waals surface area contributed by atoms with Gasteiger partial charge in [0.2, 0.25) is 0 Å². The molecule has 2 nitrogen and oxygen atoms in total. The van der Waals surface area contributed by atoms with Gasteiger partial charge in [-0.1, -0.05) is 15.9 Å². The van der Waals surface area contributed by atoms with Crippen LogP contribution in [0.4, 0.5) is 24.5 Å². The van der Waals surface area contributed by atoms with Gasteiger partial charge in [0.1, 0.15) is 6.54 Å². The van der Waals surface area contributed by atoms with Crippen LogP contribution in [0, 0.1) is 0 Å². The number of hydrogen-bond donors (Lipinski definition) is 1. The first kappa shape index (κ1) is 12.2. The Morgan fingerprint density at radius 3 is 2.53 bits per heavy atom. The largest absolute Gasteiger partial charge is 0.405 e. The molecule has 0 radical (unpaired) electrons. The zero-order chi connectivity index (χ0) is 11.6. The number of nitrogen functional groups attached to an aromatic ring is 1. The molecule has 0 spiro atoms. The third-order valence-corrected chi connectivity index (χ3v) is 2.31. The zero-order valence-electron chi connectivity index (χ0n) is 7.98. The van der Waals surface area contributed by atoms with Crippen molar-refractivity contribution in [2.24, 2.45) is 0 Å². The van der Waals surface area contributed by atoms with Gasteiger partial charge in [-0.05, 0) is 18.2 Å². The predicted octanol–water partition coefficient (Wildman–Crippen LogP) is 3.03. The number of anilines is 2. The minimum Gasteiger partial charge on any atom is -0.397 e. The summed E-state index contributed by atoms with van der Waals surface area (Å²) in [5, 5.41) is 0. The molecule has 0 amide bonds. The number of nitrogens with zero attached hydrogens (tertiary/aromatic N) is 1. The van der Waals surface area contributed by atoms with Crippen molar-refractivity contribution in [1.82, 2.24) is 0 Å². The zero-order valence-corrected chi connectivity index (χ0v) is 9.56. The normalized spacial score (nSPS) is 11.5. The Morgan fingerprint density at radius 1 is 1.40 bits per heavy atom. The molecular weight excluding hydrogens is 273 g/mol. The highest BCUT2D eigenvalue weighted by atomic mass is 79.9. The van der Waals surface area contributed by atoms with Crippen LogP contribution in [0.25, 0.3) is 0 Å². The van der Waals surface area contributed by atoms with Gasteiger partial charge in [-0.15, -0.1) is 0 Å². The van der Waals surface area contributed by atoms with E-state index in [0.29, 0.717) is 15.8 Å². The molecule has 2 N–H and O–H groups in total. The molecule has 0 aromatic heterocycles. The van der Waals surface area contributed by atoms with Crippen molar-refractivity contribution >= 4 is 27.3 Å². The minimum absolute atomic E-state index is 0.324. The van der Waals surface area contributed by atoms with Gasteiger partial charge in [-0.25, -0.2) is 0 Å². The first-order valence-corrected chi connectivity index (χ1v) is 4.92. The molecule has 0 saturated carbocycles. The molecule has 0 fully saturated rings. The fourth-order valence-corrected chi connectivity index (χ4v) is 1.55. The summed E-state index contributed by atoms with van der Waals surface area (Å²) in [6.07, 6.45) is -4.23. The van der Waals surface area contributed by atoms with E-state index in [2.05, 4.69) is 15.9 Å². The number of alkyl halides is 3. The minimum atomic E-state index is -4.23. The summed E-state index contributed by atoms with van der Waals surface area (Å²) in [5.74, 6) is 0. The predicted molar refractivity (Wildman–Crippen MR) is 57.9 cm³/mol. The third kappa shape index (κ3) is 3.62. The Balaban J connectivity index is 2.90. The van der Waals surface area contributed by atoms with Crippen LogP contribution in [0.3, 0.4) is 0 Å². The molecule has 0 heterocycles. The van der Waals surface area contributed by atoms with Crippen molar-refractivity contribution in [2.45, 2.75) is 6.18 Å². The Morgan fingerprint density at radius 2 is 2.00 bits per heavy atom. The molecular formula is C9H10BrF3N2. The van der Waals surface area contributed by atoms with Crippen LogP contribution < -0.4 is 10.6 Å². The second-order valence-electron chi connectivity index (χ2n) is 3.17. The molecule has 0 aliphatic rings. The van der Waals surface area contributed by atoms with Crippen LogP contribution in [0.2, 0.25) is 0 Å². The van der Waals surface area contributed by atoms with E-state index < -0.39 is 12.7 Å². The van der Waals surface area contributed by atoms with E-state index >= 15 is 0 Å². The highest BCUT2D eigenvalue weighted by Crippen LogP contribution is 2.28. The molecule has 1 rings (SSSR count). The molecule has 0 bridgehead atoms. The molecule has 1 aromatic rings. The van der Waals surface area contributed by atoms with E-state index in [0.717, 1.165) is 4.90 Å². The van der Waals surface area contributed by atoms with Gasteiger partial charge in [-0.2, -0.15) is 13.2 Å². The summed E-state index contributed by atoms with van der Waals surface area (Å²) < 4.78 is 37.1. The molecule has 0 saturated heterocycles. The summed E-state index contributed by atoms with van der Waals surface area (Å²) in [6.45, 7) is -1.02. The lowest BCUT2D eigenvalue weighted by Crippen LogP contribution is -2.31. The first-order valence-electron chi connectivity index (χ1n) is 4.12. The van der Waals surface area contributed by atoms with E-state index in [4.69, 9.17) is 5.73 Å². The highest BCUT2D eigenvalue weighted by molar-refractivity contribution is 9.10. The molecule has 0 unspecified atom stereocenters. The molecule has 84 valence electrons. The van der Waals surface area contributed by atoms with Gasteiger partial charge < -0.3 is 10.6 Å². The lowest BCUT2D eigenvalue weighted by atomic mass is 10.2. The van der Waals surface area contributed by atoms with Crippen molar-refractivity contribution in [1.29, 1.82) is 0 Å². The van der Waals surface area contributed by atoms with Crippen LogP contribution in [-0.2, 0) is 0 Å². The van der Waals surface area contributed by atoms with Crippen LogP contribution in [0.1, 0.15) is 0 Å². The maximum atomic E-state index is 12.1. The van der Waals surface area contributed by atoms with Crippen molar-refractivity contribution in [3.63, 3.8) is 0 Å². The van der Waals surface area contributed by atoms with E-state index in [1.165, 1.54) is 7.05 Å². The maximum absolute atomic E-state index is 12.1. The average Bonchev–Trinajstić information content (AvgIpc) is 2.06. The molecule has 0 atom stereocenters. The summed E-state index contributed by atoms with van der Waals surface area (Å²) >= 11 is 3.18. The number of nitrogens with two attached hydrogens (primary N) is 1. The van der Waals surface area contributed by atoms with Crippen LogP contribution in [-0.4, -0.2) is 19.8 Å². The highest BCUT2D eigenvalue weighted by Gasteiger charge is 2.29. The van der Waals surface area contributed by atoms with Crippen molar-refractivity contribution < 1.29 is 13.2 Å². The quantitative estimate of drug-likeness (QED) is 0.845. The molecule has 0 aliphatic heterocycles. The number of rotatable bonds is 2. The van der Waals surface area contributed by atoms with Crippen molar-refractivity contribution in [3.8, 4) is 0 Å². The third-order valence-electron chi connectivity index (χ3n) is 1.82. The van der Waals surface area contributed by atoms with Crippen LogP contribution in [0.5, 0.6) is 0 Å². The van der Waals surface area contributed by atoms with Gasteiger partial charge >= 0.3 is 6.18 Å². The number of hydrogen-bond acceptors (Lipinski definition) is 2. The smallest absolute Gasteiger partial charge is 0.397 e. The number of benzene rings is 1. The van der Waals surface area contributed by atoms with Gasteiger partial charge in [-0.3, -0.25) is 0 Å². The van der Waals surface area contributed by atoms with E-state index in [1.807, 2.05) is 0 Å². The lowest BCUT2D eigenvalue weighted by Gasteiger charge is -2.22. The van der Waals surface area contributed by atoms with Crippen LogP contribution in [0.15, 0.2) is 22.7 Å². The lowest BCUT2D eigenvalue weighted by molar-refractivity contribution is -0.119. The average molecular weight is 283 g/mol. The summed E-state index contributed by atoms with van der Waals surface area (Å²) in [6, 6.07) is 4.80. The molecule has 15 heavy (non-hydrogen) atoms. The second kappa shape index (κ2) is 4.30. The van der Waals surface area contributed by atoms with Crippen LogP contribution >= 0.6 is 15.9 Å². The van der Waals surface area contributed by atoms with Gasteiger partial charge in [0.15, 0.2) is 0 Å². The van der Waals surface area contributed by atoms with Crippen molar-refractivity contribution in [3.05, 3.63) is 22.7 Å². The Labute approximate surface area is 94.0 Å². The molecule has 0 aliphatic carbocycles. The fraction of sp³-hybridized carbons (Fsp3) is 0.333. The van der Waals surface area contributed by atoms with Gasteiger partial charge in [0, 0.05) is 11.5 Å². The Kier molecular flexibility index (Phi) is 3.49. The van der Waals surface area contributed by atoms with Gasteiger partial charge in [0.25, 0.3) is 0 Å². The van der Waals surface area contributed by atoms with E-state index in [9.17, 15) is 13.2 Å². The summed E-state index contributed by atoms with van der Waals surface area (Å²) in [7, 11) is 1.35. The second-order valence-corrected chi connectivity index (χ2v) is 4.09. The Hall–Kier alpha value is -0.910. The maximum Gasteiger partial charge on any atom is 0.405 e. The monoisotopic (exact) mass is 282 g/mol. The number of halogens is 4. The van der Waals surface area contributed by atoms with Gasteiger partial charge in [0.05, 0.1) is 11.4 Å². The Bertz CT molecular complexity index is 352. The summed E-state index contributed by atoms with van der Waals surface area (Å²) in [5.41, 5.74) is 6.27.